The van der Waals surface area contributed by atoms with Crippen molar-refractivity contribution in [2.24, 2.45) is 0 Å². The number of hydrogen-bond donors (Lipinski definition) is 0. The van der Waals surface area contributed by atoms with Crippen LogP contribution in [0, 0.1) is 0 Å². The summed E-state index contributed by atoms with van der Waals surface area (Å²) in [4.78, 5) is 25.7. The van der Waals surface area contributed by atoms with E-state index in [-0.39, 0.29) is 11.7 Å². The Balaban J connectivity index is 2.10. The summed E-state index contributed by atoms with van der Waals surface area (Å²) in [6.45, 7) is 5.43. The zero-order valence-electron chi connectivity index (χ0n) is 12.1. The van der Waals surface area contributed by atoms with E-state index < -0.39 is 6.10 Å². The minimum Gasteiger partial charge on any atom is -0.480 e. The molecular formula is C15H18BrNO4. The SMILES string of the molecule is CC(=O)c1cc(Br)ccc1OC(C)C(=O)N1CCOCC1. The lowest BCUT2D eigenvalue weighted by Crippen LogP contribution is -2.46. The second-order valence-electron chi connectivity index (χ2n) is 4.89. The Morgan fingerprint density at radius 1 is 1.33 bits per heavy atom. The average molecular weight is 356 g/mol. The van der Waals surface area contributed by atoms with Gasteiger partial charge in [-0.1, -0.05) is 15.9 Å². The number of ether oxygens (including phenoxy) is 2. The molecule has 0 N–H and O–H groups in total. The molecule has 1 fully saturated rings. The van der Waals surface area contributed by atoms with E-state index in [0.717, 1.165) is 4.47 Å². The average Bonchev–Trinajstić information content (AvgIpc) is 2.49. The van der Waals surface area contributed by atoms with E-state index in [1.807, 2.05) is 0 Å². The molecule has 5 nitrogen and oxygen atoms in total. The fraction of sp³-hybridized carbons (Fsp3) is 0.467. The lowest BCUT2D eigenvalue weighted by Gasteiger charge is -2.29. The topological polar surface area (TPSA) is 55.8 Å². The van der Waals surface area contributed by atoms with Crippen LogP contribution in [0.2, 0.25) is 0 Å². The molecule has 1 heterocycles. The summed E-state index contributed by atoms with van der Waals surface area (Å²) in [5, 5.41) is 0. The number of nitrogens with zero attached hydrogens (tertiary/aromatic N) is 1. The summed E-state index contributed by atoms with van der Waals surface area (Å²) in [7, 11) is 0. The van der Waals surface area contributed by atoms with E-state index in [2.05, 4.69) is 15.9 Å². The summed E-state index contributed by atoms with van der Waals surface area (Å²) >= 11 is 3.33. The third-order valence-corrected chi connectivity index (χ3v) is 3.79. The monoisotopic (exact) mass is 355 g/mol. The minimum absolute atomic E-state index is 0.0873. The molecule has 0 aromatic heterocycles. The van der Waals surface area contributed by atoms with Crippen LogP contribution in [0.15, 0.2) is 22.7 Å². The quantitative estimate of drug-likeness (QED) is 0.777. The lowest BCUT2D eigenvalue weighted by molar-refractivity contribution is -0.142. The second-order valence-corrected chi connectivity index (χ2v) is 5.81. The van der Waals surface area contributed by atoms with E-state index in [1.54, 1.807) is 30.0 Å². The van der Waals surface area contributed by atoms with Crippen molar-refractivity contribution in [2.75, 3.05) is 26.3 Å². The molecule has 1 atom stereocenters. The molecule has 0 spiro atoms. The van der Waals surface area contributed by atoms with Gasteiger partial charge in [-0.05, 0) is 32.0 Å². The van der Waals surface area contributed by atoms with Gasteiger partial charge in [-0.2, -0.15) is 0 Å². The number of morpholine rings is 1. The van der Waals surface area contributed by atoms with Crippen molar-refractivity contribution in [3.05, 3.63) is 28.2 Å². The first-order chi connectivity index (χ1) is 9.99. The number of rotatable bonds is 4. The number of hydrogen-bond acceptors (Lipinski definition) is 4. The highest BCUT2D eigenvalue weighted by Crippen LogP contribution is 2.25. The highest BCUT2D eigenvalue weighted by molar-refractivity contribution is 9.10. The van der Waals surface area contributed by atoms with Gasteiger partial charge in [0, 0.05) is 17.6 Å². The van der Waals surface area contributed by atoms with Gasteiger partial charge in [0.05, 0.1) is 18.8 Å². The molecule has 1 unspecified atom stereocenters. The normalized spacial score (nSPS) is 16.4. The molecule has 1 aromatic carbocycles. The van der Waals surface area contributed by atoms with Crippen LogP contribution in [-0.4, -0.2) is 49.0 Å². The zero-order chi connectivity index (χ0) is 15.4. The maximum atomic E-state index is 12.3. The van der Waals surface area contributed by atoms with Gasteiger partial charge < -0.3 is 14.4 Å². The molecule has 2 rings (SSSR count). The van der Waals surface area contributed by atoms with Crippen LogP contribution >= 0.6 is 15.9 Å². The summed E-state index contributed by atoms with van der Waals surface area (Å²) in [5.41, 5.74) is 0.464. The van der Waals surface area contributed by atoms with Crippen molar-refractivity contribution in [3.63, 3.8) is 0 Å². The summed E-state index contributed by atoms with van der Waals surface area (Å²) in [6, 6.07) is 5.18. The first-order valence-corrected chi connectivity index (χ1v) is 7.62. The van der Waals surface area contributed by atoms with Gasteiger partial charge in [-0.3, -0.25) is 9.59 Å². The number of halogens is 1. The molecule has 0 aliphatic carbocycles. The number of amides is 1. The highest BCUT2D eigenvalue weighted by Gasteiger charge is 2.24. The molecule has 0 bridgehead atoms. The summed E-state index contributed by atoms with van der Waals surface area (Å²) < 4.78 is 11.7. The van der Waals surface area contributed by atoms with E-state index in [9.17, 15) is 9.59 Å². The van der Waals surface area contributed by atoms with Gasteiger partial charge in [0.2, 0.25) is 0 Å². The van der Waals surface area contributed by atoms with Crippen LogP contribution in [-0.2, 0) is 9.53 Å². The smallest absolute Gasteiger partial charge is 0.263 e. The number of Topliss-reactive ketones (excluding diaryl/α,β-unsaturated/α-hetero) is 1. The first kappa shape index (κ1) is 16.0. The van der Waals surface area contributed by atoms with Gasteiger partial charge in [-0.15, -0.1) is 0 Å². The molecule has 114 valence electrons. The zero-order valence-corrected chi connectivity index (χ0v) is 13.7. The van der Waals surface area contributed by atoms with Crippen molar-refractivity contribution in [1.29, 1.82) is 0 Å². The fourth-order valence-corrected chi connectivity index (χ4v) is 2.52. The van der Waals surface area contributed by atoms with E-state index in [1.165, 1.54) is 6.92 Å². The van der Waals surface area contributed by atoms with Crippen molar-refractivity contribution in [1.82, 2.24) is 4.90 Å². The number of benzene rings is 1. The van der Waals surface area contributed by atoms with Crippen molar-refractivity contribution in [3.8, 4) is 5.75 Å². The maximum Gasteiger partial charge on any atom is 0.263 e. The summed E-state index contributed by atoms with van der Waals surface area (Å²) in [6.07, 6.45) is -0.637. The molecule has 1 amide bonds. The predicted octanol–water partition coefficient (Wildman–Crippen LogP) is 2.28. The Morgan fingerprint density at radius 2 is 2.00 bits per heavy atom. The van der Waals surface area contributed by atoms with E-state index >= 15 is 0 Å². The first-order valence-electron chi connectivity index (χ1n) is 6.82. The van der Waals surface area contributed by atoms with E-state index in [4.69, 9.17) is 9.47 Å². The Kier molecular flexibility index (Phi) is 5.36. The predicted molar refractivity (Wildman–Crippen MR) is 81.6 cm³/mol. The fourth-order valence-electron chi connectivity index (χ4n) is 2.16. The highest BCUT2D eigenvalue weighted by atomic mass is 79.9. The molecule has 1 aliphatic rings. The third-order valence-electron chi connectivity index (χ3n) is 3.30. The Morgan fingerprint density at radius 3 is 2.62 bits per heavy atom. The molecule has 21 heavy (non-hydrogen) atoms. The van der Waals surface area contributed by atoms with Gasteiger partial charge in [-0.25, -0.2) is 0 Å². The van der Waals surface area contributed by atoms with Crippen LogP contribution in [0.1, 0.15) is 24.2 Å². The van der Waals surface area contributed by atoms with Crippen LogP contribution < -0.4 is 4.74 Å². The Hall–Kier alpha value is -1.40. The van der Waals surface area contributed by atoms with Crippen molar-refractivity contribution in [2.45, 2.75) is 20.0 Å². The van der Waals surface area contributed by atoms with Crippen LogP contribution in [0.4, 0.5) is 0 Å². The maximum absolute atomic E-state index is 12.3. The standard InChI is InChI=1S/C15H18BrNO4/c1-10(18)13-9-12(16)3-4-14(13)21-11(2)15(19)17-5-7-20-8-6-17/h3-4,9,11H,5-8H2,1-2H3. The van der Waals surface area contributed by atoms with Crippen LogP contribution in [0.3, 0.4) is 0 Å². The van der Waals surface area contributed by atoms with E-state index in [0.29, 0.717) is 37.6 Å². The molecule has 0 saturated carbocycles. The molecular weight excluding hydrogens is 338 g/mol. The molecule has 1 aliphatic heterocycles. The van der Waals surface area contributed by atoms with Gasteiger partial charge in [0.1, 0.15) is 5.75 Å². The molecule has 6 heteroatoms. The number of carbonyl (C=O) groups is 2. The van der Waals surface area contributed by atoms with Crippen LogP contribution in [0.25, 0.3) is 0 Å². The Labute approximate surface area is 132 Å². The van der Waals surface area contributed by atoms with Crippen molar-refractivity contribution < 1.29 is 19.1 Å². The van der Waals surface area contributed by atoms with Crippen molar-refractivity contribution >= 4 is 27.6 Å². The second kappa shape index (κ2) is 7.04. The largest absolute Gasteiger partial charge is 0.480 e. The number of ketones is 1. The summed E-state index contributed by atoms with van der Waals surface area (Å²) in [5.74, 6) is 0.243. The van der Waals surface area contributed by atoms with Gasteiger partial charge >= 0.3 is 0 Å². The van der Waals surface area contributed by atoms with Gasteiger partial charge in [0.15, 0.2) is 11.9 Å². The van der Waals surface area contributed by atoms with Gasteiger partial charge in [0.25, 0.3) is 5.91 Å². The molecule has 0 radical (unpaired) electrons. The Bertz CT molecular complexity index is 540. The minimum atomic E-state index is -0.637. The third kappa shape index (κ3) is 4.04. The molecule has 1 aromatic rings. The number of carbonyl (C=O) groups excluding carboxylic acids is 2. The molecule has 1 saturated heterocycles. The van der Waals surface area contributed by atoms with Crippen LogP contribution in [0.5, 0.6) is 5.75 Å². The lowest BCUT2D eigenvalue weighted by atomic mass is 10.1.